The zero-order valence-electron chi connectivity index (χ0n) is 10.1. The zero-order valence-corrected chi connectivity index (χ0v) is 10.8. The van der Waals surface area contributed by atoms with Crippen LogP contribution in [-0.4, -0.2) is 17.0 Å². The van der Waals surface area contributed by atoms with Gasteiger partial charge < -0.3 is 10.8 Å². The fourth-order valence-electron chi connectivity index (χ4n) is 1.77. The Morgan fingerprint density at radius 1 is 1.10 bits per heavy atom. The zero-order chi connectivity index (χ0) is 14.9. The summed E-state index contributed by atoms with van der Waals surface area (Å²) in [4.78, 5) is 22.1. The molecule has 102 valence electrons. The maximum atomic E-state index is 13.4. The van der Waals surface area contributed by atoms with Crippen molar-refractivity contribution in [3.05, 3.63) is 58.4 Å². The molecule has 0 atom stereocenters. The van der Waals surface area contributed by atoms with Crippen molar-refractivity contribution in [2.75, 3.05) is 0 Å². The maximum absolute atomic E-state index is 13.4. The summed E-state index contributed by atoms with van der Waals surface area (Å²) in [6.07, 6.45) is 0. The van der Waals surface area contributed by atoms with Crippen molar-refractivity contribution in [1.29, 1.82) is 0 Å². The molecule has 0 spiro atoms. The molecule has 0 saturated carbocycles. The molecular formula is C14H9ClFNO3. The molecule has 0 aliphatic heterocycles. The van der Waals surface area contributed by atoms with Gasteiger partial charge in [-0.2, -0.15) is 0 Å². The molecular weight excluding hydrogens is 285 g/mol. The molecule has 0 aromatic heterocycles. The molecule has 2 rings (SSSR count). The van der Waals surface area contributed by atoms with Gasteiger partial charge in [-0.3, -0.25) is 4.79 Å². The van der Waals surface area contributed by atoms with Gasteiger partial charge in [0.15, 0.2) is 0 Å². The number of nitrogens with two attached hydrogens (primary N) is 1. The van der Waals surface area contributed by atoms with Crippen LogP contribution in [-0.2, 0) is 0 Å². The first kappa shape index (κ1) is 14.0. The maximum Gasteiger partial charge on any atom is 0.335 e. The fourth-order valence-corrected chi connectivity index (χ4v) is 1.98. The Kier molecular flexibility index (Phi) is 3.72. The Labute approximate surface area is 118 Å². The molecule has 0 fully saturated rings. The minimum atomic E-state index is -1.24. The Morgan fingerprint density at radius 2 is 1.80 bits per heavy atom. The van der Waals surface area contributed by atoms with E-state index in [1.165, 1.54) is 24.3 Å². The van der Waals surface area contributed by atoms with Crippen molar-refractivity contribution in [3.63, 3.8) is 0 Å². The van der Waals surface area contributed by atoms with Crippen LogP contribution in [0.3, 0.4) is 0 Å². The van der Waals surface area contributed by atoms with Crippen LogP contribution >= 0.6 is 11.6 Å². The summed E-state index contributed by atoms with van der Waals surface area (Å²) >= 11 is 5.82. The number of benzene rings is 2. The molecule has 0 unspecified atom stereocenters. The molecule has 0 heterocycles. The second-order valence-electron chi connectivity index (χ2n) is 4.09. The van der Waals surface area contributed by atoms with Gasteiger partial charge in [-0.05, 0) is 41.5 Å². The molecule has 4 nitrogen and oxygen atoms in total. The van der Waals surface area contributed by atoms with Gasteiger partial charge in [-0.1, -0.05) is 17.7 Å². The van der Waals surface area contributed by atoms with Crippen LogP contribution in [0.15, 0.2) is 36.4 Å². The van der Waals surface area contributed by atoms with Crippen LogP contribution in [0.2, 0.25) is 5.02 Å². The largest absolute Gasteiger partial charge is 0.478 e. The highest BCUT2D eigenvalue weighted by molar-refractivity contribution is 6.33. The number of carbonyl (C=O) groups is 2. The van der Waals surface area contributed by atoms with Crippen LogP contribution < -0.4 is 5.73 Å². The quantitative estimate of drug-likeness (QED) is 0.913. The third-order valence-corrected chi connectivity index (χ3v) is 3.04. The predicted molar refractivity (Wildman–Crippen MR) is 72.3 cm³/mol. The van der Waals surface area contributed by atoms with Crippen LogP contribution in [0.1, 0.15) is 20.7 Å². The topological polar surface area (TPSA) is 80.4 Å². The number of carbonyl (C=O) groups excluding carboxylic acids is 1. The highest BCUT2D eigenvalue weighted by Gasteiger charge is 2.12. The summed E-state index contributed by atoms with van der Waals surface area (Å²) in [5, 5.41) is 9.08. The van der Waals surface area contributed by atoms with E-state index >= 15 is 0 Å². The van der Waals surface area contributed by atoms with Gasteiger partial charge in [0, 0.05) is 0 Å². The number of rotatable bonds is 3. The van der Waals surface area contributed by atoms with Gasteiger partial charge in [0.2, 0.25) is 5.91 Å². The van der Waals surface area contributed by atoms with E-state index in [9.17, 15) is 14.0 Å². The second kappa shape index (κ2) is 5.30. The molecule has 1 amide bonds. The van der Waals surface area contributed by atoms with Gasteiger partial charge in [0.05, 0.1) is 16.1 Å². The molecule has 0 radical (unpaired) electrons. The predicted octanol–water partition coefficient (Wildman–Crippen LogP) is 2.94. The third-order valence-electron chi connectivity index (χ3n) is 2.71. The molecule has 20 heavy (non-hydrogen) atoms. The van der Waals surface area contributed by atoms with E-state index in [1.54, 1.807) is 6.07 Å². The number of primary amides is 1. The number of aromatic carboxylic acids is 1. The first-order valence-electron chi connectivity index (χ1n) is 5.52. The number of hydrogen-bond donors (Lipinski definition) is 2. The van der Waals surface area contributed by atoms with Crippen LogP contribution in [0.25, 0.3) is 11.1 Å². The third kappa shape index (κ3) is 2.78. The van der Waals surface area contributed by atoms with Crippen molar-refractivity contribution >= 4 is 23.5 Å². The lowest BCUT2D eigenvalue weighted by atomic mass is 10.0. The van der Waals surface area contributed by atoms with Gasteiger partial charge in [-0.25, -0.2) is 9.18 Å². The Balaban J connectivity index is 2.59. The standard InChI is InChI=1S/C14H9ClFNO3/c15-12-2-1-7(6-11(12)13(17)18)8-3-9(14(19)20)5-10(16)4-8/h1-6H,(H2,17,18)(H,19,20). The molecule has 6 heteroatoms. The molecule has 0 aliphatic carbocycles. The van der Waals surface area contributed by atoms with E-state index in [4.69, 9.17) is 22.4 Å². The van der Waals surface area contributed by atoms with Gasteiger partial charge >= 0.3 is 5.97 Å². The second-order valence-corrected chi connectivity index (χ2v) is 4.50. The molecule has 0 bridgehead atoms. The summed E-state index contributed by atoms with van der Waals surface area (Å²) in [6, 6.07) is 7.78. The van der Waals surface area contributed by atoms with E-state index in [1.807, 2.05) is 0 Å². The van der Waals surface area contributed by atoms with Gasteiger partial charge in [-0.15, -0.1) is 0 Å². The van der Waals surface area contributed by atoms with Gasteiger partial charge in [0.25, 0.3) is 0 Å². The summed E-state index contributed by atoms with van der Waals surface area (Å²) < 4.78 is 13.4. The van der Waals surface area contributed by atoms with E-state index in [0.29, 0.717) is 11.1 Å². The van der Waals surface area contributed by atoms with Crippen LogP contribution in [0.4, 0.5) is 4.39 Å². The highest BCUT2D eigenvalue weighted by atomic mass is 35.5. The Morgan fingerprint density at radius 3 is 2.40 bits per heavy atom. The SMILES string of the molecule is NC(=O)c1cc(-c2cc(F)cc(C(=O)O)c2)ccc1Cl. The van der Waals surface area contributed by atoms with E-state index in [0.717, 1.165) is 6.07 Å². The van der Waals surface area contributed by atoms with Crippen LogP contribution in [0, 0.1) is 5.82 Å². The minimum absolute atomic E-state index is 0.0882. The molecule has 0 aliphatic rings. The summed E-state index contributed by atoms with van der Waals surface area (Å²) in [6.45, 7) is 0. The summed E-state index contributed by atoms with van der Waals surface area (Å²) in [5.41, 5.74) is 5.85. The minimum Gasteiger partial charge on any atom is -0.478 e. The summed E-state index contributed by atoms with van der Waals surface area (Å²) in [5.74, 6) is -2.64. The van der Waals surface area contributed by atoms with E-state index in [-0.39, 0.29) is 16.1 Å². The molecule has 3 N–H and O–H groups in total. The number of hydrogen-bond acceptors (Lipinski definition) is 2. The first-order valence-corrected chi connectivity index (χ1v) is 5.90. The van der Waals surface area contributed by atoms with Crippen molar-refractivity contribution < 1.29 is 19.1 Å². The number of halogens is 2. The van der Waals surface area contributed by atoms with Crippen LogP contribution in [0.5, 0.6) is 0 Å². The number of carboxylic acid groups (broad SMARTS) is 1. The van der Waals surface area contributed by atoms with E-state index in [2.05, 4.69) is 0 Å². The van der Waals surface area contributed by atoms with Crippen molar-refractivity contribution in [1.82, 2.24) is 0 Å². The summed E-state index contributed by atoms with van der Waals surface area (Å²) in [7, 11) is 0. The van der Waals surface area contributed by atoms with Crippen molar-refractivity contribution in [2.45, 2.75) is 0 Å². The average Bonchev–Trinajstić information content (AvgIpc) is 2.38. The monoisotopic (exact) mass is 293 g/mol. The lowest BCUT2D eigenvalue weighted by molar-refractivity contribution is 0.0696. The van der Waals surface area contributed by atoms with Gasteiger partial charge in [0.1, 0.15) is 5.82 Å². The lowest BCUT2D eigenvalue weighted by Crippen LogP contribution is -2.11. The molecule has 0 saturated heterocycles. The molecule has 2 aromatic carbocycles. The fraction of sp³-hybridized carbons (Fsp3) is 0. The Hall–Kier alpha value is -2.40. The smallest absolute Gasteiger partial charge is 0.335 e. The van der Waals surface area contributed by atoms with E-state index < -0.39 is 17.7 Å². The van der Waals surface area contributed by atoms with Crippen molar-refractivity contribution in [2.24, 2.45) is 5.73 Å². The molecule has 2 aromatic rings. The lowest BCUT2D eigenvalue weighted by Gasteiger charge is -2.07. The van der Waals surface area contributed by atoms with Crippen molar-refractivity contribution in [3.8, 4) is 11.1 Å². The highest BCUT2D eigenvalue weighted by Crippen LogP contribution is 2.26. The number of amides is 1. The first-order chi connectivity index (χ1) is 9.38. The Bertz CT molecular complexity index is 716. The normalized spacial score (nSPS) is 10.3. The average molecular weight is 294 g/mol. The number of carboxylic acids is 1.